The molecule has 0 bridgehead atoms. The third-order valence-corrected chi connectivity index (χ3v) is 4.02. The highest BCUT2D eigenvalue weighted by atomic mass is 79.9. The topological polar surface area (TPSA) is 39.2 Å². The summed E-state index contributed by atoms with van der Waals surface area (Å²) in [5.74, 6) is 0. The predicted molar refractivity (Wildman–Crippen MR) is 73.5 cm³/mol. The van der Waals surface area contributed by atoms with Gasteiger partial charge in [0.25, 0.3) is 0 Å². The first-order chi connectivity index (χ1) is 8.09. The maximum Gasteiger partial charge on any atom is 0.173 e. The van der Waals surface area contributed by atoms with Gasteiger partial charge in [0.15, 0.2) is 4.67 Å². The summed E-state index contributed by atoms with van der Waals surface area (Å²) in [6, 6.07) is 7.20. The number of hydrogen-bond donors (Lipinski definition) is 1. The zero-order valence-electron chi connectivity index (χ0n) is 8.79. The van der Waals surface area contributed by atoms with Gasteiger partial charge in [0.1, 0.15) is 0 Å². The van der Waals surface area contributed by atoms with E-state index in [0.717, 1.165) is 11.1 Å². The van der Waals surface area contributed by atoms with E-state index in [-0.39, 0.29) is 6.04 Å². The summed E-state index contributed by atoms with van der Waals surface area (Å²) in [6.07, 6.45) is 2.20. The highest BCUT2D eigenvalue weighted by Gasteiger charge is 2.15. The van der Waals surface area contributed by atoms with E-state index in [4.69, 9.17) is 33.4 Å². The summed E-state index contributed by atoms with van der Waals surface area (Å²) < 4.78 is 5.81. The number of hydrogen-bond acceptors (Lipinski definition) is 2. The highest BCUT2D eigenvalue weighted by Crippen LogP contribution is 2.30. The van der Waals surface area contributed by atoms with Crippen molar-refractivity contribution in [1.29, 1.82) is 0 Å². The van der Waals surface area contributed by atoms with Gasteiger partial charge in [-0.2, -0.15) is 0 Å². The monoisotopic (exact) mass is 333 g/mol. The van der Waals surface area contributed by atoms with E-state index >= 15 is 0 Å². The van der Waals surface area contributed by atoms with Crippen molar-refractivity contribution in [3.8, 4) is 0 Å². The molecule has 90 valence electrons. The summed E-state index contributed by atoms with van der Waals surface area (Å²) in [5.41, 5.74) is 7.95. The van der Waals surface area contributed by atoms with E-state index in [2.05, 4.69) is 15.9 Å². The molecule has 2 rings (SSSR count). The second-order valence-electron chi connectivity index (χ2n) is 3.67. The Labute approximate surface area is 118 Å². The molecule has 0 aliphatic rings. The van der Waals surface area contributed by atoms with Crippen LogP contribution >= 0.6 is 39.1 Å². The van der Waals surface area contributed by atoms with Crippen LogP contribution in [0.2, 0.25) is 10.0 Å². The van der Waals surface area contributed by atoms with Gasteiger partial charge in [0, 0.05) is 11.6 Å². The first-order valence-electron chi connectivity index (χ1n) is 5.01. The van der Waals surface area contributed by atoms with Crippen molar-refractivity contribution in [3.63, 3.8) is 0 Å². The molecule has 1 unspecified atom stereocenters. The SMILES string of the molecule is NC(Cc1cccc(Cl)c1Cl)c1ccoc1Br. The van der Waals surface area contributed by atoms with Crippen LogP contribution in [0.15, 0.2) is 39.6 Å². The molecule has 2 N–H and O–H groups in total. The Morgan fingerprint density at radius 1 is 1.29 bits per heavy atom. The molecule has 1 aromatic heterocycles. The molecule has 1 aromatic carbocycles. The molecular weight excluding hydrogens is 325 g/mol. The fourth-order valence-corrected chi connectivity index (χ4v) is 2.55. The molecule has 0 spiro atoms. The van der Waals surface area contributed by atoms with Gasteiger partial charge in [-0.15, -0.1) is 0 Å². The Bertz CT molecular complexity index is 527. The van der Waals surface area contributed by atoms with Crippen molar-refractivity contribution < 1.29 is 4.42 Å². The lowest BCUT2D eigenvalue weighted by Gasteiger charge is -2.12. The Kier molecular flexibility index (Phi) is 4.15. The van der Waals surface area contributed by atoms with Gasteiger partial charge in [0.05, 0.1) is 16.3 Å². The maximum atomic E-state index is 6.12. The predicted octanol–water partition coefficient (Wildman–Crippen LogP) is 4.59. The smallest absolute Gasteiger partial charge is 0.173 e. The van der Waals surface area contributed by atoms with Crippen molar-refractivity contribution in [2.75, 3.05) is 0 Å². The van der Waals surface area contributed by atoms with E-state index in [9.17, 15) is 0 Å². The van der Waals surface area contributed by atoms with Crippen LogP contribution in [-0.2, 0) is 6.42 Å². The summed E-state index contributed by atoms with van der Waals surface area (Å²) in [4.78, 5) is 0. The zero-order valence-corrected chi connectivity index (χ0v) is 11.9. The average molecular weight is 335 g/mol. The molecule has 1 atom stereocenters. The lowest BCUT2D eigenvalue weighted by atomic mass is 10.0. The van der Waals surface area contributed by atoms with Crippen LogP contribution in [0.25, 0.3) is 0 Å². The molecule has 2 aromatic rings. The molecular formula is C12H10BrCl2NO. The van der Waals surface area contributed by atoms with Crippen LogP contribution in [0, 0.1) is 0 Å². The van der Waals surface area contributed by atoms with Crippen molar-refractivity contribution in [2.24, 2.45) is 5.73 Å². The minimum absolute atomic E-state index is 0.181. The molecule has 2 nitrogen and oxygen atoms in total. The van der Waals surface area contributed by atoms with Crippen molar-refractivity contribution in [3.05, 3.63) is 56.4 Å². The van der Waals surface area contributed by atoms with Crippen molar-refractivity contribution in [1.82, 2.24) is 0 Å². The van der Waals surface area contributed by atoms with E-state index in [1.165, 1.54) is 0 Å². The second-order valence-corrected chi connectivity index (χ2v) is 5.18. The van der Waals surface area contributed by atoms with Gasteiger partial charge in [0.2, 0.25) is 0 Å². The van der Waals surface area contributed by atoms with Crippen LogP contribution in [0.1, 0.15) is 17.2 Å². The lowest BCUT2D eigenvalue weighted by Crippen LogP contribution is -2.13. The molecule has 0 saturated carbocycles. The van der Waals surface area contributed by atoms with E-state index in [1.54, 1.807) is 12.3 Å². The summed E-state index contributed by atoms with van der Waals surface area (Å²) in [7, 11) is 0. The van der Waals surface area contributed by atoms with Gasteiger partial charge in [-0.1, -0.05) is 35.3 Å². The number of benzene rings is 1. The third kappa shape index (κ3) is 2.86. The molecule has 1 heterocycles. The minimum atomic E-state index is -0.181. The number of halogens is 3. The van der Waals surface area contributed by atoms with Crippen LogP contribution in [-0.4, -0.2) is 0 Å². The fourth-order valence-electron chi connectivity index (χ4n) is 1.62. The van der Waals surface area contributed by atoms with Crippen LogP contribution in [0.5, 0.6) is 0 Å². The zero-order chi connectivity index (χ0) is 12.4. The van der Waals surface area contributed by atoms with E-state index < -0.39 is 0 Å². The average Bonchev–Trinajstić information content (AvgIpc) is 2.71. The summed E-state index contributed by atoms with van der Waals surface area (Å²) in [6.45, 7) is 0. The molecule has 0 saturated heterocycles. The third-order valence-electron chi connectivity index (χ3n) is 2.52. The summed E-state index contributed by atoms with van der Waals surface area (Å²) >= 11 is 15.4. The summed E-state index contributed by atoms with van der Waals surface area (Å²) in [5, 5.41) is 1.10. The second kappa shape index (κ2) is 5.44. The Hall–Kier alpha value is -0.480. The largest absolute Gasteiger partial charge is 0.457 e. The van der Waals surface area contributed by atoms with Crippen molar-refractivity contribution >= 4 is 39.1 Å². The normalized spacial score (nSPS) is 12.7. The molecule has 17 heavy (non-hydrogen) atoms. The standard InChI is InChI=1S/C12H10BrCl2NO/c13-12-8(4-5-17-12)10(16)6-7-2-1-3-9(14)11(7)15/h1-5,10H,6,16H2. The number of furan rings is 1. The minimum Gasteiger partial charge on any atom is -0.457 e. The molecule has 0 aliphatic heterocycles. The highest BCUT2D eigenvalue weighted by molar-refractivity contribution is 9.10. The van der Waals surface area contributed by atoms with Crippen LogP contribution < -0.4 is 5.73 Å². The number of nitrogens with two attached hydrogens (primary N) is 1. The first-order valence-corrected chi connectivity index (χ1v) is 6.56. The van der Waals surface area contributed by atoms with Crippen molar-refractivity contribution in [2.45, 2.75) is 12.5 Å². The van der Waals surface area contributed by atoms with Gasteiger partial charge >= 0.3 is 0 Å². The lowest BCUT2D eigenvalue weighted by molar-refractivity contribution is 0.531. The Morgan fingerprint density at radius 3 is 2.71 bits per heavy atom. The van der Waals surface area contributed by atoms with E-state index in [0.29, 0.717) is 21.1 Å². The van der Waals surface area contributed by atoms with Gasteiger partial charge in [-0.05, 0) is 40.0 Å². The van der Waals surface area contributed by atoms with Gasteiger partial charge in [-0.25, -0.2) is 0 Å². The quantitative estimate of drug-likeness (QED) is 0.891. The molecule has 0 amide bonds. The molecule has 5 heteroatoms. The number of rotatable bonds is 3. The van der Waals surface area contributed by atoms with Gasteiger partial charge < -0.3 is 10.2 Å². The van der Waals surface area contributed by atoms with Gasteiger partial charge in [-0.3, -0.25) is 0 Å². The fraction of sp³-hybridized carbons (Fsp3) is 0.167. The van der Waals surface area contributed by atoms with Crippen LogP contribution in [0.4, 0.5) is 0 Å². The Morgan fingerprint density at radius 2 is 2.06 bits per heavy atom. The maximum absolute atomic E-state index is 6.12. The molecule has 0 fully saturated rings. The molecule has 0 radical (unpaired) electrons. The first kappa shape index (κ1) is 13.0. The molecule has 0 aliphatic carbocycles. The van der Waals surface area contributed by atoms with E-state index in [1.807, 2.05) is 18.2 Å². The van der Waals surface area contributed by atoms with Crippen LogP contribution in [0.3, 0.4) is 0 Å². The Balaban J connectivity index is 2.22.